The zero-order valence-corrected chi connectivity index (χ0v) is 13.7. The van der Waals surface area contributed by atoms with Crippen LogP contribution in [0.4, 0.5) is 8.78 Å². The molecule has 0 unspecified atom stereocenters. The van der Waals surface area contributed by atoms with Gasteiger partial charge in [0.15, 0.2) is 0 Å². The normalized spacial score (nSPS) is 11.2. The van der Waals surface area contributed by atoms with Crippen LogP contribution < -0.4 is 0 Å². The van der Waals surface area contributed by atoms with Crippen LogP contribution in [0.25, 0.3) is 33.5 Å². The molecule has 1 heterocycles. The van der Waals surface area contributed by atoms with Crippen LogP contribution in [0.3, 0.4) is 0 Å². The molecule has 3 aromatic carbocycles. The Morgan fingerprint density at radius 3 is 2.32 bits per heavy atom. The van der Waals surface area contributed by atoms with E-state index < -0.39 is 11.6 Å². The summed E-state index contributed by atoms with van der Waals surface area (Å²) in [6, 6.07) is 19.1. The summed E-state index contributed by atoms with van der Waals surface area (Å²) in [6.07, 6.45) is 0. The van der Waals surface area contributed by atoms with Crippen molar-refractivity contribution in [1.29, 1.82) is 0 Å². The Balaban J connectivity index is 1.99. The van der Waals surface area contributed by atoms with Crippen LogP contribution in [0.2, 0.25) is 0 Å². The van der Waals surface area contributed by atoms with E-state index >= 15 is 0 Å². The number of halogens is 2. The number of nitrogens with zero attached hydrogens (tertiary/aromatic N) is 2. The van der Waals surface area contributed by atoms with Gasteiger partial charge in [-0.1, -0.05) is 36.4 Å². The second kappa shape index (κ2) is 6.13. The van der Waals surface area contributed by atoms with Crippen molar-refractivity contribution in [2.45, 2.75) is 13.5 Å². The highest BCUT2D eigenvalue weighted by Crippen LogP contribution is 2.34. The van der Waals surface area contributed by atoms with Gasteiger partial charge in [0, 0.05) is 23.7 Å². The molecule has 0 N–H and O–H groups in total. The predicted molar refractivity (Wildman–Crippen MR) is 96.2 cm³/mol. The summed E-state index contributed by atoms with van der Waals surface area (Å²) in [5.41, 5.74) is 3.82. The lowest BCUT2D eigenvalue weighted by molar-refractivity contribution is 0.585. The fraction of sp³-hybridized carbons (Fsp3) is 0.0952. The molecule has 0 atom stereocenters. The quantitative estimate of drug-likeness (QED) is 0.472. The van der Waals surface area contributed by atoms with Crippen LogP contribution in [0, 0.1) is 11.6 Å². The van der Waals surface area contributed by atoms with E-state index in [9.17, 15) is 8.78 Å². The lowest BCUT2D eigenvalue weighted by Gasteiger charge is -2.12. The van der Waals surface area contributed by atoms with Crippen LogP contribution in [-0.2, 0) is 6.54 Å². The minimum Gasteiger partial charge on any atom is -0.324 e. The van der Waals surface area contributed by atoms with Crippen molar-refractivity contribution >= 4 is 11.0 Å². The van der Waals surface area contributed by atoms with E-state index in [2.05, 4.69) is 11.5 Å². The Bertz CT molecular complexity index is 1070. The number of para-hydroxylation sites is 2. The first kappa shape index (κ1) is 15.5. The molecule has 124 valence electrons. The van der Waals surface area contributed by atoms with E-state index in [-0.39, 0.29) is 0 Å². The fourth-order valence-electron chi connectivity index (χ4n) is 3.22. The van der Waals surface area contributed by atoms with Gasteiger partial charge >= 0.3 is 0 Å². The Hall–Kier alpha value is -3.01. The summed E-state index contributed by atoms with van der Waals surface area (Å²) in [4.78, 5) is 4.75. The number of rotatable bonds is 3. The molecule has 2 nitrogen and oxygen atoms in total. The molecule has 0 aliphatic rings. The van der Waals surface area contributed by atoms with E-state index in [1.807, 2.05) is 48.5 Å². The first-order chi connectivity index (χ1) is 12.2. The van der Waals surface area contributed by atoms with Gasteiger partial charge in [0.25, 0.3) is 0 Å². The second-order valence-corrected chi connectivity index (χ2v) is 5.84. The van der Waals surface area contributed by atoms with Crippen molar-refractivity contribution < 1.29 is 8.78 Å². The Morgan fingerprint density at radius 1 is 0.840 bits per heavy atom. The minimum absolute atomic E-state index is 0.367. The summed E-state index contributed by atoms with van der Waals surface area (Å²) in [7, 11) is 0. The van der Waals surface area contributed by atoms with Crippen molar-refractivity contribution in [2.24, 2.45) is 0 Å². The van der Waals surface area contributed by atoms with Gasteiger partial charge in [0.2, 0.25) is 0 Å². The zero-order valence-electron chi connectivity index (χ0n) is 13.7. The van der Waals surface area contributed by atoms with E-state index in [0.29, 0.717) is 11.1 Å². The molecule has 4 aromatic rings. The van der Waals surface area contributed by atoms with Crippen molar-refractivity contribution in [3.8, 4) is 22.5 Å². The maximum atomic E-state index is 14.4. The molecule has 4 heteroatoms. The first-order valence-corrected chi connectivity index (χ1v) is 8.19. The predicted octanol–water partition coefficient (Wildman–Crippen LogP) is 5.67. The summed E-state index contributed by atoms with van der Waals surface area (Å²) < 4.78 is 29.7. The molecule has 4 rings (SSSR count). The molecule has 0 radical (unpaired) electrons. The third-order valence-corrected chi connectivity index (χ3v) is 4.36. The van der Waals surface area contributed by atoms with E-state index in [4.69, 9.17) is 4.98 Å². The van der Waals surface area contributed by atoms with Crippen LogP contribution >= 0.6 is 0 Å². The Morgan fingerprint density at radius 2 is 1.56 bits per heavy atom. The van der Waals surface area contributed by atoms with Gasteiger partial charge in [-0.25, -0.2) is 13.8 Å². The van der Waals surface area contributed by atoms with Gasteiger partial charge in [-0.3, -0.25) is 0 Å². The highest BCUT2D eigenvalue weighted by Gasteiger charge is 2.17. The standard InChI is InChI=1S/C21H16F2N2/c1-2-25-20-10-6-5-9-19(20)24-21(25)17-8-4-3-7-15(17)16-12-11-14(22)13-18(16)23/h3-13H,2H2,1H3. The molecule has 25 heavy (non-hydrogen) atoms. The fourth-order valence-corrected chi connectivity index (χ4v) is 3.22. The average Bonchev–Trinajstić information content (AvgIpc) is 3.00. The topological polar surface area (TPSA) is 17.8 Å². The van der Waals surface area contributed by atoms with Crippen molar-refractivity contribution in [3.63, 3.8) is 0 Å². The maximum Gasteiger partial charge on any atom is 0.141 e. The molecule has 0 aliphatic heterocycles. The smallest absolute Gasteiger partial charge is 0.141 e. The van der Waals surface area contributed by atoms with E-state index in [1.165, 1.54) is 12.1 Å². The summed E-state index contributed by atoms with van der Waals surface area (Å²) in [6.45, 7) is 2.80. The zero-order chi connectivity index (χ0) is 17.4. The molecule has 0 bridgehead atoms. The first-order valence-electron chi connectivity index (χ1n) is 8.19. The lowest BCUT2D eigenvalue weighted by atomic mass is 9.98. The monoisotopic (exact) mass is 334 g/mol. The molecular formula is C21H16F2N2. The number of imidazole rings is 1. The average molecular weight is 334 g/mol. The molecule has 0 fully saturated rings. The molecular weight excluding hydrogens is 318 g/mol. The number of hydrogen-bond acceptors (Lipinski definition) is 1. The molecule has 0 amide bonds. The van der Waals surface area contributed by atoms with Gasteiger partial charge < -0.3 is 4.57 Å². The lowest BCUT2D eigenvalue weighted by Crippen LogP contribution is -1.99. The highest BCUT2D eigenvalue weighted by molar-refractivity contribution is 5.86. The number of fused-ring (bicyclic) bond motifs is 1. The number of aromatic nitrogens is 2. The highest BCUT2D eigenvalue weighted by atomic mass is 19.1. The third-order valence-electron chi connectivity index (χ3n) is 4.36. The minimum atomic E-state index is -0.584. The van der Waals surface area contributed by atoms with Crippen molar-refractivity contribution in [3.05, 3.63) is 78.4 Å². The number of hydrogen-bond donors (Lipinski definition) is 0. The SMILES string of the molecule is CCn1c(-c2ccccc2-c2ccc(F)cc2F)nc2ccccc21. The van der Waals surface area contributed by atoms with Crippen LogP contribution in [-0.4, -0.2) is 9.55 Å². The third kappa shape index (κ3) is 2.60. The van der Waals surface area contributed by atoms with Crippen LogP contribution in [0.5, 0.6) is 0 Å². The van der Waals surface area contributed by atoms with E-state index in [1.54, 1.807) is 0 Å². The molecule has 0 saturated heterocycles. The summed E-state index contributed by atoms with van der Waals surface area (Å²) in [5, 5.41) is 0. The Kier molecular flexibility index (Phi) is 3.80. The Labute approximate surface area is 144 Å². The van der Waals surface area contributed by atoms with Gasteiger partial charge in [-0.2, -0.15) is 0 Å². The second-order valence-electron chi connectivity index (χ2n) is 5.84. The van der Waals surface area contributed by atoms with Gasteiger partial charge in [-0.05, 0) is 36.8 Å². The summed E-state index contributed by atoms with van der Waals surface area (Å²) >= 11 is 0. The van der Waals surface area contributed by atoms with Gasteiger partial charge in [-0.15, -0.1) is 0 Å². The summed E-state index contributed by atoms with van der Waals surface area (Å²) in [5.74, 6) is -0.380. The van der Waals surface area contributed by atoms with E-state index in [0.717, 1.165) is 35.0 Å². The van der Waals surface area contributed by atoms with Crippen LogP contribution in [0.1, 0.15) is 6.92 Å². The molecule has 1 aromatic heterocycles. The maximum absolute atomic E-state index is 14.4. The number of aryl methyl sites for hydroxylation is 1. The van der Waals surface area contributed by atoms with Gasteiger partial charge in [0.1, 0.15) is 17.5 Å². The van der Waals surface area contributed by atoms with Crippen molar-refractivity contribution in [1.82, 2.24) is 9.55 Å². The number of benzene rings is 3. The van der Waals surface area contributed by atoms with Crippen molar-refractivity contribution in [2.75, 3.05) is 0 Å². The van der Waals surface area contributed by atoms with Crippen LogP contribution in [0.15, 0.2) is 66.7 Å². The largest absolute Gasteiger partial charge is 0.324 e. The van der Waals surface area contributed by atoms with Gasteiger partial charge in [0.05, 0.1) is 11.0 Å². The molecule has 0 spiro atoms. The molecule has 0 aliphatic carbocycles. The molecule has 0 saturated carbocycles.